The van der Waals surface area contributed by atoms with Crippen molar-refractivity contribution in [2.75, 3.05) is 46.4 Å². The SMILES string of the molecule is COc1cccc(OCCN2CCNCC2)c1.Cl.Cl. The molecule has 0 unspecified atom stereocenters. The summed E-state index contributed by atoms with van der Waals surface area (Å²) in [7, 11) is 1.67. The Morgan fingerprint density at radius 1 is 1.16 bits per heavy atom. The maximum absolute atomic E-state index is 5.71. The van der Waals surface area contributed by atoms with E-state index in [0.29, 0.717) is 0 Å². The molecule has 0 spiro atoms. The maximum Gasteiger partial charge on any atom is 0.123 e. The lowest BCUT2D eigenvalue weighted by molar-refractivity contribution is 0.191. The first-order valence-electron chi connectivity index (χ1n) is 6.08. The van der Waals surface area contributed by atoms with E-state index in [-0.39, 0.29) is 24.8 Å². The molecule has 19 heavy (non-hydrogen) atoms. The molecule has 0 radical (unpaired) electrons. The number of benzene rings is 1. The first kappa shape index (κ1) is 18.3. The van der Waals surface area contributed by atoms with Gasteiger partial charge in [0, 0.05) is 38.8 Å². The van der Waals surface area contributed by atoms with Crippen molar-refractivity contribution in [2.45, 2.75) is 0 Å². The monoisotopic (exact) mass is 308 g/mol. The van der Waals surface area contributed by atoms with Gasteiger partial charge < -0.3 is 14.8 Å². The molecule has 1 saturated heterocycles. The lowest BCUT2D eigenvalue weighted by Crippen LogP contribution is -2.44. The summed E-state index contributed by atoms with van der Waals surface area (Å²) in [6.07, 6.45) is 0. The van der Waals surface area contributed by atoms with Gasteiger partial charge in [0.2, 0.25) is 0 Å². The van der Waals surface area contributed by atoms with Crippen molar-refractivity contribution in [3.63, 3.8) is 0 Å². The Labute approximate surface area is 127 Å². The van der Waals surface area contributed by atoms with Gasteiger partial charge in [-0.2, -0.15) is 0 Å². The molecule has 1 aromatic rings. The molecule has 4 nitrogen and oxygen atoms in total. The highest BCUT2D eigenvalue weighted by atomic mass is 35.5. The molecule has 1 aromatic carbocycles. The molecule has 0 amide bonds. The van der Waals surface area contributed by atoms with Gasteiger partial charge in [0.15, 0.2) is 0 Å². The fourth-order valence-electron chi connectivity index (χ4n) is 1.92. The van der Waals surface area contributed by atoms with E-state index in [1.807, 2.05) is 24.3 Å². The molecule has 0 aliphatic carbocycles. The van der Waals surface area contributed by atoms with Crippen molar-refractivity contribution >= 4 is 24.8 Å². The highest BCUT2D eigenvalue weighted by Crippen LogP contribution is 2.18. The third-order valence-electron chi connectivity index (χ3n) is 2.93. The Kier molecular flexibility index (Phi) is 9.79. The molecule has 6 heteroatoms. The fourth-order valence-corrected chi connectivity index (χ4v) is 1.92. The highest BCUT2D eigenvalue weighted by Gasteiger charge is 2.08. The molecular formula is C13H22Cl2N2O2. The molecule has 0 aromatic heterocycles. The summed E-state index contributed by atoms with van der Waals surface area (Å²) in [6, 6.07) is 7.74. The summed E-state index contributed by atoms with van der Waals surface area (Å²) < 4.78 is 10.9. The van der Waals surface area contributed by atoms with E-state index in [9.17, 15) is 0 Å². The molecule has 1 fully saturated rings. The lowest BCUT2D eigenvalue weighted by atomic mass is 10.3. The number of rotatable bonds is 5. The molecule has 0 atom stereocenters. The third kappa shape index (κ3) is 6.34. The van der Waals surface area contributed by atoms with Crippen LogP contribution in [-0.2, 0) is 0 Å². The van der Waals surface area contributed by atoms with Crippen LogP contribution in [0.15, 0.2) is 24.3 Å². The minimum Gasteiger partial charge on any atom is -0.497 e. The van der Waals surface area contributed by atoms with Crippen molar-refractivity contribution in [3.05, 3.63) is 24.3 Å². The smallest absolute Gasteiger partial charge is 0.123 e. The average molecular weight is 309 g/mol. The van der Waals surface area contributed by atoms with Gasteiger partial charge in [-0.1, -0.05) is 6.07 Å². The van der Waals surface area contributed by atoms with Crippen LogP contribution in [0.25, 0.3) is 0 Å². The van der Waals surface area contributed by atoms with E-state index in [0.717, 1.165) is 50.8 Å². The van der Waals surface area contributed by atoms with Gasteiger partial charge in [0.25, 0.3) is 0 Å². The Morgan fingerprint density at radius 3 is 2.53 bits per heavy atom. The zero-order valence-electron chi connectivity index (χ0n) is 11.1. The number of nitrogens with one attached hydrogen (secondary N) is 1. The normalized spacial score (nSPS) is 15.0. The third-order valence-corrected chi connectivity index (χ3v) is 2.93. The van der Waals surface area contributed by atoms with E-state index in [4.69, 9.17) is 9.47 Å². The largest absolute Gasteiger partial charge is 0.497 e. The summed E-state index contributed by atoms with van der Waals surface area (Å²) in [5, 5.41) is 3.34. The number of hydrogen-bond acceptors (Lipinski definition) is 4. The van der Waals surface area contributed by atoms with Crippen molar-refractivity contribution in [3.8, 4) is 11.5 Å². The topological polar surface area (TPSA) is 33.7 Å². The Bertz CT molecular complexity index is 347. The Hall–Kier alpha value is -0.680. The van der Waals surface area contributed by atoms with Crippen LogP contribution in [0.5, 0.6) is 11.5 Å². The maximum atomic E-state index is 5.71. The van der Waals surface area contributed by atoms with E-state index >= 15 is 0 Å². The van der Waals surface area contributed by atoms with Gasteiger partial charge in [-0.3, -0.25) is 4.90 Å². The number of piperazine rings is 1. The predicted octanol–water partition coefficient (Wildman–Crippen LogP) is 1.82. The molecular weight excluding hydrogens is 287 g/mol. The van der Waals surface area contributed by atoms with Gasteiger partial charge in [-0.25, -0.2) is 0 Å². The van der Waals surface area contributed by atoms with Crippen LogP contribution in [0.4, 0.5) is 0 Å². The number of nitrogens with zero attached hydrogens (tertiary/aromatic N) is 1. The van der Waals surface area contributed by atoms with Crippen molar-refractivity contribution in [2.24, 2.45) is 0 Å². The zero-order valence-corrected chi connectivity index (χ0v) is 12.8. The fraction of sp³-hybridized carbons (Fsp3) is 0.538. The van der Waals surface area contributed by atoms with Crippen molar-refractivity contribution in [1.29, 1.82) is 0 Å². The molecule has 2 rings (SSSR count). The summed E-state index contributed by atoms with van der Waals surface area (Å²) in [5.41, 5.74) is 0. The van der Waals surface area contributed by atoms with Gasteiger partial charge in [0.1, 0.15) is 18.1 Å². The minimum atomic E-state index is 0. The van der Waals surface area contributed by atoms with E-state index < -0.39 is 0 Å². The minimum absolute atomic E-state index is 0. The second-order valence-electron chi connectivity index (χ2n) is 4.12. The van der Waals surface area contributed by atoms with Crippen LogP contribution in [0, 0.1) is 0 Å². The number of ether oxygens (including phenoxy) is 2. The zero-order chi connectivity index (χ0) is 11.9. The van der Waals surface area contributed by atoms with Crippen LogP contribution in [0.1, 0.15) is 0 Å². The lowest BCUT2D eigenvalue weighted by Gasteiger charge is -2.26. The van der Waals surface area contributed by atoms with Crippen LogP contribution < -0.4 is 14.8 Å². The molecule has 1 aliphatic rings. The Morgan fingerprint density at radius 2 is 1.84 bits per heavy atom. The average Bonchev–Trinajstić information content (AvgIpc) is 2.40. The van der Waals surface area contributed by atoms with E-state index in [1.165, 1.54) is 0 Å². The van der Waals surface area contributed by atoms with Crippen LogP contribution >= 0.6 is 24.8 Å². The van der Waals surface area contributed by atoms with Gasteiger partial charge in [0.05, 0.1) is 7.11 Å². The number of hydrogen-bond donors (Lipinski definition) is 1. The predicted molar refractivity (Wildman–Crippen MR) is 82.3 cm³/mol. The molecule has 1 heterocycles. The molecule has 1 aliphatic heterocycles. The summed E-state index contributed by atoms with van der Waals surface area (Å²) in [4.78, 5) is 2.41. The molecule has 1 N–H and O–H groups in total. The van der Waals surface area contributed by atoms with Gasteiger partial charge in [-0.05, 0) is 12.1 Å². The van der Waals surface area contributed by atoms with Crippen molar-refractivity contribution in [1.82, 2.24) is 10.2 Å². The highest BCUT2D eigenvalue weighted by molar-refractivity contribution is 5.85. The molecule has 0 bridgehead atoms. The van der Waals surface area contributed by atoms with Gasteiger partial charge in [-0.15, -0.1) is 24.8 Å². The van der Waals surface area contributed by atoms with Gasteiger partial charge >= 0.3 is 0 Å². The second-order valence-corrected chi connectivity index (χ2v) is 4.12. The summed E-state index contributed by atoms with van der Waals surface area (Å²) in [6.45, 7) is 6.10. The first-order chi connectivity index (χ1) is 8.38. The summed E-state index contributed by atoms with van der Waals surface area (Å²) >= 11 is 0. The first-order valence-corrected chi connectivity index (χ1v) is 6.08. The number of halogens is 2. The quantitative estimate of drug-likeness (QED) is 0.900. The van der Waals surface area contributed by atoms with E-state index in [1.54, 1.807) is 7.11 Å². The van der Waals surface area contributed by atoms with Crippen molar-refractivity contribution < 1.29 is 9.47 Å². The second kappa shape index (κ2) is 10.1. The molecule has 0 saturated carbocycles. The van der Waals surface area contributed by atoms with E-state index in [2.05, 4.69) is 10.2 Å². The number of methoxy groups -OCH3 is 1. The van der Waals surface area contributed by atoms with Crippen LogP contribution in [-0.4, -0.2) is 51.3 Å². The standard InChI is InChI=1S/C13H20N2O2.2ClH/c1-16-12-3-2-4-13(11-12)17-10-9-15-7-5-14-6-8-15;;/h2-4,11,14H,5-10H2,1H3;2*1H. The Balaban J connectivity index is 0.00000162. The van der Waals surface area contributed by atoms with Crippen LogP contribution in [0.2, 0.25) is 0 Å². The van der Waals surface area contributed by atoms with Crippen LogP contribution in [0.3, 0.4) is 0 Å². The summed E-state index contributed by atoms with van der Waals surface area (Å²) in [5.74, 6) is 1.71. The molecule has 110 valence electrons.